The van der Waals surface area contributed by atoms with E-state index in [4.69, 9.17) is 9.47 Å². The second kappa shape index (κ2) is 11.1. The van der Waals surface area contributed by atoms with E-state index in [1.807, 2.05) is 12.1 Å². The first-order valence-corrected chi connectivity index (χ1v) is 10.4. The van der Waals surface area contributed by atoms with E-state index in [-0.39, 0.29) is 41.6 Å². The Labute approximate surface area is 200 Å². The number of rotatable bonds is 5. The molecule has 4 rings (SSSR count). The third kappa shape index (κ3) is 5.67. The van der Waals surface area contributed by atoms with Gasteiger partial charge in [-0.15, -0.1) is 24.0 Å². The molecule has 6 nitrogen and oxygen atoms in total. The van der Waals surface area contributed by atoms with Gasteiger partial charge in [0.05, 0.1) is 25.9 Å². The number of ether oxygens (including phenoxy) is 2. The van der Waals surface area contributed by atoms with E-state index in [2.05, 4.69) is 44.4 Å². The molecule has 2 atom stereocenters. The Hall–Kier alpha value is -1.91. The van der Waals surface area contributed by atoms with Gasteiger partial charge in [0.25, 0.3) is 0 Å². The van der Waals surface area contributed by atoms with Crippen molar-refractivity contribution in [3.63, 3.8) is 0 Å². The lowest BCUT2D eigenvalue weighted by atomic mass is 10.1. The van der Waals surface area contributed by atoms with Crippen molar-refractivity contribution >= 4 is 29.9 Å². The summed E-state index contributed by atoms with van der Waals surface area (Å²) in [6, 6.07) is 15.9. The minimum absolute atomic E-state index is 0. The second-order valence-electron chi connectivity index (χ2n) is 7.71. The normalized spacial score (nSPS) is 21.4. The Bertz CT molecular complexity index is 883. The van der Waals surface area contributed by atoms with Crippen molar-refractivity contribution in [2.24, 2.45) is 4.99 Å². The van der Waals surface area contributed by atoms with Crippen LogP contribution in [0.15, 0.2) is 53.5 Å². The van der Waals surface area contributed by atoms with Crippen molar-refractivity contribution in [1.29, 1.82) is 0 Å². The number of fused-ring (bicyclic) bond motifs is 1. The van der Waals surface area contributed by atoms with Gasteiger partial charge in [-0.3, -0.25) is 9.89 Å². The summed E-state index contributed by atoms with van der Waals surface area (Å²) in [5.41, 5.74) is 2.16. The van der Waals surface area contributed by atoms with Gasteiger partial charge in [0.15, 0.2) is 17.5 Å². The van der Waals surface area contributed by atoms with Crippen LogP contribution in [0.1, 0.15) is 11.1 Å². The Balaban J connectivity index is 0.00000272. The molecule has 2 heterocycles. The number of benzene rings is 2. The molecule has 2 saturated heterocycles. The molecule has 0 aliphatic carbocycles. The van der Waals surface area contributed by atoms with Crippen LogP contribution in [0.3, 0.4) is 0 Å². The van der Waals surface area contributed by atoms with Gasteiger partial charge in [-0.2, -0.15) is 0 Å². The topological polar surface area (TPSA) is 49.3 Å². The molecule has 1 N–H and O–H groups in total. The van der Waals surface area contributed by atoms with Crippen LogP contribution in [0.5, 0.6) is 5.75 Å². The third-order valence-electron chi connectivity index (χ3n) is 5.82. The fourth-order valence-electron chi connectivity index (χ4n) is 4.28. The van der Waals surface area contributed by atoms with Gasteiger partial charge >= 0.3 is 0 Å². The summed E-state index contributed by atoms with van der Waals surface area (Å²) in [5.74, 6) is 0.704. The number of likely N-dealkylation sites (tertiary alicyclic amines) is 1. The summed E-state index contributed by atoms with van der Waals surface area (Å²) in [6.07, 6.45) is 0.166. The maximum atomic E-state index is 14.0. The van der Waals surface area contributed by atoms with Crippen LogP contribution >= 0.6 is 24.0 Å². The molecule has 0 spiro atoms. The number of guanidine groups is 1. The molecule has 2 aliphatic rings. The van der Waals surface area contributed by atoms with Gasteiger partial charge in [-0.1, -0.05) is 36.4 Å². The number of nitrogens with zero attached hydrogens (tertiary/aromatic N) is 3. The van der Waals surface area contributed by atoms with Gasteiger partial charge in [0.2, 0.25) is 0 Å². The van der Waals surface area contributed by atoms with E-state index in [1.165, 1.54) is 18.7 Å². The molecule has 31 heavy (non-hydrogen) atoms. The molecule has 8 heteroatoms. The average Bonchev–Trinajstić information content (AvgIpc) is 3.20. The van der Waals surface area contributed by atoms with Crippen LogP contribution in [-0.4, -0.2) is 68.3 Å². The van der Waals surface area contributed by atoms with E-state index < -0.39 is 0 Å². The standard InChI is InChI=1S/C23H29FN4O2.HI/c1-25-23(26-13-18-8-9-21(29-2)19(24)12-18)28-15-20-22(16-28)30-11-10-27(20)14-17-6-4-3-5-7-17;/h3-9,12,20,22H,10-11,13-16H2,1-2H3,(H,25,26);1H. The molecule has 0 radical (unpaired) electrons. The lowest BCUT2D eigenvalue weighted by molar-refractivity contribution is -0.0502. The van der Waals surface area contributed by atoms with Crippen molar-refractivity contribution in [2.75, 3.05) is 40.4 Å². The number of halogens is 2. The molecule has 0 amide bonds. The highest BCUT2D eigenvalue weighted by Gasteiger charge is 2.41. The van der Waals surface area contributed by atoms with Crippen LogP contribution in [0, 0.1) is 5.82 Å². The average molecular weight is 540 g/mol. The maximum absolute atomic E-state index is 14.0. The smallest absolute Gasteiger partial charge is 0.194 e. The van der Waals surface area contributed by atoms with Crippen molar-refractivity contribution in [3.8, 4) is 5.75 Å². The SMILES string of the molecule is CN=C(NCc1ccc(OC)c(F)c1)N1CC2OCCN(Cc3ccccc3)C2C1.I. The second-order valence-corrected chi connectivity index (χ2v) is 7.71. The summed E-state index contributed by atoms with van der Waals surface area (Å²) >= 11 is 0. The zero-order chi connectivity index (χ0) is 20.9. The molecular formula is C23H30FIN4O2. The first-order chi connectivity index (χ1) is 14.7. The monoisotopic (exact) mass is 540 g/mol. The quantitative estimate of drug-likeness (QED) is 0.359. The maximum Gasteiger partial charge on any atom is 0.194 e. The Kier molecular flexibility index (Phi) is 8.50. The van der Waals surface area contributed by atoms with E-state index in [0.717, 1.165) is 44.3 Å². The van der Waals surface area contributed by atoms with Gasteiger partial charge in [0.1, 0.15) is 0 Å². The number of hydrogen-bond acceptors (Lipinski definition) is 4. The van der Waals surface area contributed by atoms with Crippen LogP contribution in [0.2, 0.25) is 0 Å². The number of methoxy groups -OCH3 is 1. The molecule has 0 aromatic heterocycles. The minimum Gasteiger partial charge on any atom is -0.494 e. The Morgan fingerprint density at radius 3 is 2.71 bits per heavy atom. The first-order valence-electron chi connectivity index (χ1n) is 10.4. The van der Waals surface area contributed by atoms with Gasteiger partial charge in [0, 0.05) is 39.8 Å². The molecule has 2 fully saturated rings. The van der Waals surface area contributed by atoms with Crippen LogP contribution in [0.4, 0.5) is 4.39 Å². The van der Waals surface area contributed by atoms with E-state index in [9.17, 15) is 4.39 Å². The summed E-state index contributed by atoms with van der Waals surface area (Å²) in [5, 5.41) is 3.36. The minimum atomic E-state index is -0.357. The van der Waals surface area contributed by atoms with Crippen LogP contribution in [-0.2, 0) is 17.8 Å². The predicted molar refractivity (Wildman–Crippen MR) is 131 cm³/mol. The highest BCUT2D eigenvalue weighted by molar-refractivity contribution is 14.0. The van der Waals surface area contributed by atoms with Crippen LogP contribution in [0.25, 0.3) is 0 Å². The van der Waals surface area contributed by atoms with E-state index in [1.54, 1.807) is 13.1 Å². The van der Waals surface area contributed by atoms with Gasteiger partial charge < -0.3 is 19.7 Å². The molecule has 168 valence electrons. The lowest BCUT2D eigenvalue weighted by Gasteiger charge is -2.36. The van der Waals surface area contributed by atoms with E-state index in [0.29, 0.717) is 12.6 Å². The highest BCUT2D eigenvalue weighted by Crippen LogP contribution is 2.25. The number of nitrogens with one attached hydrogen (secondary N) is 1. The number of morpholine rings is 1. The molecule has 2 aromatic carbocycles. The van der Waals surface area contributed by atoms with Gasteiger partial charge in [-0.05, 0) is 23.3 Å². The van der Waals surface area contributed by atoms with Gasteiger partial charge in [-0.25, -0.2) is 4.39 Å². The summed E-state index contributed by atoms with van der Waals surface area (Å²) in [6.45, 7) is 4.76. The summed E-state index contributed by atoms with van der Waals surface area (Å²) < 4.78 is 25.0. The zero-order valence-corrected chi connectivity index (χ0v) is 20.3. The third-order valence-corrected chi connectivity index (χ3v) is 5.82. The molecular weight excluding hydrogens is 510 g/mol. The fourth-order valence-corrected chi connectivity index (χ4v) is 4.28. The number of hydrogen-bond donors (Lipinski definition) is 1. The van der Waals surface area contributed by atoms with Crippen molar-refractivity contribution < 1.29 is 13.9 Å². The number of aliphatic imine (C=N–C) groups is 1. The van der Waals surface area contributed by atoms with Crippen LogP contribution < -0.4 is 10.1 Å². The summed E-state index contributed by atoms with van der Waals surface area (Å²) in [4.78, 5) is 9.19. The predicted octanol–water partition coefficient (Wildman–Crippen LogP) is 3.11. The molecule has 0 bridgehead atoms. The van der Waals surface area contributed by atoms with E-state index >= 15 is 0 Å². The zero-order valence-electron chi connectivity index (χ0n) is 18.0. The van der Waals surface area contributed by atoms with Crippen molar-refractivity contribution in [1.82, 2.24) is 15.1 Å². The molecule has 2 aliphatic heterocycles. The molecule has 2 unspecified atom stereocenters. The molecule has 2 aromatic rings. The highest BCUT2D eigenvalue weighted by atomic mass is 127. The van der Waals surface area contributed by atoms with Crippen molar-refractivity contribution in [2.45, 2.75) is 25.2 Å². The van der Waals surface area contributed by atoms with Crippen molar-refractivity contribution in [3.05, 3.63) is 65.5 Å². The largest absolute Gasteiger partial charge is 0.494 e. The first kappa shape index (κ1) is 23.7. The molecule has 0 saturated carbocycles. The fraction of sp³-hybridized carbons (Fsp3) is 0.435. The lowest BCUT2D eigenvalue weighted by Crippen LogP contribution is -2.50. The Morgan fingerprint density at radius 1 is 1.19 bits per heavy atom. The summed E-state index contributed by atoms with van der Waals surface area (Å²) in [7, 11) is 3.25. The Morgan fingerprint density at radius 2 is 2.00 bits per heavy atom.